The predicted octanol–water partition coefficient (Wildman–Crippen LogP) is 6.59. The minimum Gasteiger partial charge on any atom is -0.496 e. The second-order valence-electron chi connectivity index (χ2n) is 10.4. The van der Waals surface area contributed by atoms with Gasteiger partial charge in [0.25, 0.3) is 0 Å². The number of carbonyl (C=O) groups is 2. The summed E-state index contributed by atoms with van der Waals surface area (Å²) in [6.45, 7) is 2.17. The van der Waals surface area contributed by atoms with Crippen molar-refractivity contribution in [2.75, 3.05) is 20.8 Å². The minimum atomic E-state index is -0.983. The van der Waals surface area contributed by atoms with Crippen molar-refractivity contribution in [1.82, 2.24) is 0 Å². The molecule has 0 heterocycles. The van der Waals surface area contributed by atoms with Gasteiger partial charge in [-0.05, 0) is 46.9 Å². The first kappa shape index (κ1) is 28.0. The van der Waals surface area contributed by atoms with Crippen LogP contribution in [0.2, 0.25) is 0 Å². The fourth-order valence-corrected chi connectivity index (χ4v) is 6.30. The first-order chi connectivity index (χ1) is 20.0. The number of carboxylic acids is 1. The molecule has 1 aliphatic rings. The van der Waals surface area contributed by atoms with Crippen LogP contribution in [0, 0.1) is 18.8 Å². The highest BCUT2D eigenvalue weighted by molar-refractivity contribution is 5.85. The molecule has 41 heavy (non-hydrogen) atoms. The van der Waals surface area contributed by atoms with E-state index in [0.29, 0.717) is 22.6 Å². The standard InChI is InChI=1S/C35H34O6/c1-22-13-7-8-16-24(22)27(23-14-5-4-6-15-23)21-41-35(38)33-30(25-17-9-11-19-28(25)39-2)32(34(36)37)31(33)26-18-10-12-20-29(26)40-3/h4-20,27,30-33H,21H2,1-3H3,(H,36,37)/t27?,30-,31-,32-,33-/m0/s1. The molecule has 3 atom stereocenters. The largest absolute Gasteiger partial charge is 0.496 e. The maximum absolute atomic E-state index is 14.1. The lowest BCUT2D eigenvalue weighted by Gasteiger charge is -2.49. The van der Waals surface area contributed by atoms with Gasteiger partial charge in [0.2, 0.25) is 0 Å². The van der Waals surface area contributed by atoms with Crippen molar-refractivity contribution in [3.63, 3.8) is 0 Å². The van der Waals surface area contributed by atoms with Crippen molar-refractivity contribution in [3.05, 3.63) is 131 Å². The molecule has 1 saturated carbocycles. The van der Waals surface area contributed by atoms with E-state index in [0.717, 1.165) is 16.7 Å². The highest BCUT2D eigenvalue weighted by Crippen LogP contribution is 2.60. The molecular weight excluding hydrogens is 516 g/mol. The zero-order valence-electron chi connectivity index (χ0n) is 23.4. The molecule has 6 nitrogen and oxygen atoms in total. The van der Waals surface area contributed by atoms with Crippen LogP contribution in [0.5, 0.6) is 11.5 Å². The van der Waals surface area contributed by atoms with E-state index in [1.807, 2.05) is 91.9 Å². The number of para-hydroxylation sites is 2. The van der Waals surface area contributed by atoms with Crippen molar-refractivity contribution in [3.8, 4) is 11.5 Å². The van der Waals surface area contributed by atoms with Gasteiger partial charge in [-0.2, -0.15) is 0 Å². The van der Waals surface area contributed by atoms with Gasteiger partial charge in [0.05, 0.1) is 26.1 Å². The molecule has 1 fully saturated rings. The SMILES string of the molecule is COc1ccccc1[C@H]1[C@H](C(=O)O)[C@H](c2ccccc2OC)[C@H]1C(=O)OCC(c1ccccc1)c1ccccc1C. The Morgan fingerprint density at radius 2 is 1.22 bits per heavy atom. The number of aryl methyl sites for hydroxylation is 1. The summed E-state index contributed by atoms with van der Waals surface area (Å²) in [5, 5.41) is 10.4. The van der Waals surface area contributed by atoms with Crippen LogP contribution in [0.3, 0.4) is 0 Å². The van der Waals surface area contributed by atoms with Gasteiger partial charge < -0.3 is 19.3 Å². The summed E-state index contributed by atoms with van der Waals surface area (Å²) in [5.74, 6) is -3.42. The fraction of sp³-hybridized carbons (Fsp3) is 0.257. The number of hydrogen-bond donors (Lipinski definition) is 1. The quantitative estimate of drug-likeness (QED) is 0.225. The van der Waals surface area contributed by atoms with Gasteiger partial charge >= 0.3 is 11.9 Å². The maximum atomic E-state index is 14.1. The summed E-state index contributed by atoms with van der Waals surface area (Å²) in [7, 11) is 3.09. The fourth-order valence-electron chi connectivity index (χ4n) is 6.30. The number of aliphatic carboxylic acids is 1. The van der Waals surface area contributed by atoms with Crippen LogP contribution in [0.25, 0.3) is 0 Å². The first-order valence-corrected chi connectivity index (χ1v) is 13.7. The average Bonchev–Trinajstić information content (AvgIpc) is 2.98. The van der Waals surface area contributed by atoms with Gasteiger partial charge in [-0.1, -0.05) is 91.0 Å². The van der Waals surface area contributed by atoms with Crippen LogP contribution in [-0.4, -0.2) is 37.9 Å². The Labute approximate surface area is 240 Å². The third-order valence-electron chi connectivity index (χ3n) is 8.26. The predicted molar refractivity (Wildman–Crippen MR) is 157 cm³/mol. The third kappa shape index (κ3) is 5.42. The Bertz CT molecular complexity index is 1460. The molecule has 1 unspecified atom stereocenters. The molecule has 4 aromatic carbocycles. The highest BCUT2D eigenvalue weighted by Gasteiger charge is 2.60. The summed E-state index contributed by atoms with van der Waals surface area (Å²) in [6.07, 6.45) is 0. The average molecular weight is 551 g/mol. The highest BCUT2D eigenvalue weighted by atomic mass is 16.5. The van der Waals surface area contributed by atoms with E-state index in [9.17, 15) is 14.7 Å². The lowest BCUT2D eigenvalue weighted by Crippen LogP contribution is -2.51. The molecular formula is C35H34O6. The van der Waals surface area contributed by atoms with Crippen LogP contribution in [0.4, 0.5) is 0 Å². The molecule has 0 amide bonds. The zero-order chi connectivity index (χ0) is 28.9. The van der Waals surface area contributed by atoms with Crippen LogP contribution in [-0.2, 0) is 14.3 Å². The van der Waals surface area contributed by atoms with E-state index in [-0.39, 0.29) is 12.5 Å². The Hall–Kier alpha value is -4.58. The number of methoxy groups -OCH3 is 2. The number of esters is 1. The molecule has 0 saturated heterocycles. The second-order valence-corrected chi connectivity index (χ2v) is 10.4. The maximum Gasteiger partial charge on any atom is 0.310 e. The van der Waals surface area contributed by atoms with Crippen LogP contribution < -0.4 is 9.47 Å². The van der Waals surface area contributed by atoms with Crippen molar-refractivity contribution >= 4 is 11.9 Å². The van der Waals surface area contributed by atoms with Crippen molar-refractivity contribution in [2.45, 2.75) is 24.7 Å². The van der Waals surface area contributed by atoms with Gasteiger partial charge in [-0.25, -0.2) is 0 Å². The third-order valence-corrected chi connectivity index (χ3v) is 8.26. The van der Waals surface area contributed by atoms with Crippen LogP contribution >= 0.6 is 0 Å². The molecule has 1 aliphatic carbocycles. The van der Waals surface area contributed by atoms with Gasteiger partial charge in [-0.3, -0.25) is 9.59 Å². The first-order valence-electron chi connectivity index (χ1n) is 13.7. The summed E-state index contributed by atoms with van der Waals surface area (Å²) in [4.78, 5) is 26.9. The van der Waals surface area contributed by atoms with Crippen molar-refractivity contribution < 1.29 is 28.9 Å². The van der Waals surface area contributed by atoms with E-state index >= 15 is 0 Å². The minimum absolute atomic E-state index is 0.124. The van der Waals surface area contributed by atoms with Gasteiger partial charge in [-0.15, -0.1) is 0 Å². The summed E-state index contributed by atoms with van der Waals surface area (Å²) < 4.78 is 17.3. The number of ether oxygens (including phenoxy) is 3. The molecule has 0 bridgehead atoms. The number of carboxylic acid groups (broad SMARTS) is 1. The van der Waals surface area contributed by atoms with E-state index in [2.05, 4.69) is 6.07 Å². The molecule has 4 aromatic rings. The number of benzene rings is 4. The Morgan fingerprint density at radius 1 is 0.707 bits per heavy atom. The van der Waals surface area contributed by atoms with E-state index in [1.54, 1.807) is 26.4 Å². The second kappa shape index (κ2) is 12.3. The van der Waals surface area contributed by atoms with Gasteiger partial charge in [0.1, 0.15) is 18.1 Å². The molecule has 0 spiro atoms. The van der Waals surface area contributed by atoms with E-state index in [1.165, 1.54) is 0 Å². The Morgan fingerprint density at radius 3 is 1.76 bits per heavy atom. The lowest BCUT2D eigenvalue weighted by molar-refractivity contribution is -0.164. The van der Waals surface area contributed by atoms with Crippen LogP contribution in [0.1, 0.15) is 45.6 Å². The number of rotatable bonds is 10. The normalized spacial score (nSPS) is 20.4. The summed E-state index contributed by atoms with van der Waals surface area (Å²) in [6, 6.07) is 32.6. The summed E-state index contributed by atoms with van der Waals surface area (Å²) in [5.41, 5.74) is 4.56. The smallest absolute Gasteiger partial charge is 0.310 e. The van der Waals surface area contributed by atoms with E-state index in [4.69, 9.17) is 14.2 Å². The molecule has 6 heteroatoms. The van der Waals surface area contributed by atoms with Gasteiger partial charge in [0, 0.05) is 17.8 Å². The number of carbonyl (C=O) groups excluding carboxylic acids is 1. The monoisotopic (exact) mass is 550 g/mol. The van der Waals surface area contributed by atoms with Crippen LogP contribution in [0.15, 0.2) is 103 Å². The lowest BCUT2D eigenvalue weighted by atomic mass is 9.52. The van der Waals surface area contributed by atoms with Crippen molar-refractivity contribution in [1.29, 1.82) is 0 Å². The molecule has 1 N–H and O–H groups in total. The molecule has 0 aromatic heterocycles. The molecule has 210 valence electrons. The topological polar surface area (TPSA) is 82.1 Å². The summed E-state index contributed by atoms with van der Waals surface area (Å²) >= 11 is 0. The Balaban J connectivity index is 1.54. The number of hydrogen-bond acceptors (Lipinski definition) is 5. The zero-order valence-corrected chi connectivity index (χ0v) is 23.4. The van der Waals surface area contributed by atoms with Crippen molar-refractivity contribution in [2.24, 2.45) is 11.8 Å². The van der Waals surface area contributed by atoms with Gasteiger partial charge in [0.15, 0.2) is 0 Å². The molecule has 0 aliphatic heterocycles. The molecule has 0 radical (unpaired) electrons. The van der Waals surface area contributed by atoms with E-state index < -0.39 is 35.6 Å². The Kier molecular flexibility index (Phi) is 8.39. The molecule has 5 rings (SSSR count).